The summed E-state index contributed by atoms with van der Waals surface area (Å²) < 4.78 is 39.3. The molecule has 0 unspecified atom stereocenters. The molecule has 6 heteroatoms. The van der Waals surface area contributed by atoms with E-state index in [0.717, 1.165) is 6.07 Å². The van der Waals surface area contributed by atoms with Gasteiger partial charge >= 0.3 is 12.1 Å². The molecule has 0 saturated heterocycles. The van der Waals surface area contributed by atoms with Crippen LogP contribution in [0.5, 0.6) is 0 Å². The first-order valence-electron chi connectivity index (χ1n) is 2.81. The van der Waals surface area contributed by atoms with Crippen molar-refractivity contribution in [3.05, 3.63) is 23.7 Å². The van der Waals surface area contributed by atoms with E-state index in [9.17, 15) is 18.0 Å². The van der Waals surface area contributed by atoms with E-state index in [1.807, 2.05) is 0 Å². The summed E-state index contributed by atoms with van der Waals surface area (Å²) >= 11 is 0. The summed E-state index contributed by atoms with van der Waals surface area (Å²) in [5.41, 5.74) is 0. The second kappa shape index (κ2) is 2.54. The van der Waals surface area contributed by atoms with Gasteiger partial charge in [-0.1, -0.05) is 0 Å². The van der Waals surface area contributed by atoms with Gasteiger partial charge in [0.15, 0.2) is 0 Å². The Kier molecular flexibility index (Phi) is 1.83. The molecule has 1 aromatic heterocycles. The highest BCUT2D eigenvalue weighted by Crippen LogP contribution is 2.30. The lowest BCUT2D eigenvalue weighted by Crippen LogP contribution is -2.02. The Hall–Kier alpha value is -1.46. The third-order valence-corrected chi connectivity index (χ3v) is 1.10. The molecule has 1 heterocycles. The first-order chi connectivity index (χ1) is 5.41. The quantitative estimate of drug-likeness (QED) is 0.718. The molecule has 0 atom stereocenters. The van der Waals surface area contributed by atoms with Gasteiger partial charge in [0.25, 0.3) is 0 Å². The maximum absolute atomic E-state index is 11.8. The van der Waals surface area contributed by atoms with Gasteiger partial charge in [-0.25, -0.2) is 4.79 Å². The number of carboxylic acids is 1. The lowest BCUT2D eigenvalue weighted by molar-refractivity contribution is -0.153. The average Bonchev–Trinajstić information content (AvgIpc) is 2.30. The van der Waals surface area contributed by atoms with Crippen LogP contribution in [0.3, 0.4) is 0 Å². The van der Waals surface area contributed by atoms with Gasteiger partial charge in [-0.15, -0.1) is 0 Å². The molecule has 12 heavy (non-hydrogen) atoms. The Morgan fingerprint density at radius 3 is 2.25 bits per heavy atom. The van der Waals surface area contributed by atoms with Crippen molar-refractivity contribution in [1.29, 1.82) is 0 Å². The van der Waals surface area contributed by atoms with E-state index in [4.69, 9.17) is 5.11 Å². The van der Waals surface area contributed by atoms with Crippen LogP contribution in [0.15, 0.2) is 16.5 Å². The molecule has 0 saturated carbocycles. The van der Waals surface area contributed by atoms with Crippen molar-refractivity contribution in [2.45, 2.75) is 6.18 Å². The van der Waals surface area contributed by atoms with Crippen molar-refractivity contribution in [2.24, 2.45) is 0 Å². The summed E-state index contributed by atoms with van der Waals surface area (Å²) in [5, 5.41) is 8.20. The number of halogens is 3. The normalized spacial score (nSPS) is 11.6. The summed E-state index contributed by atoms with van der Waals surface area (Å²) in [4.78, 5) is 10.1. The van der Waals surface area contributed by atoms with Crippen LogP contribution in [-0.4, -0.2) is 11.1 Å². The Bertz CT molecular complexity index is 299. The molecule has 1 aromatic rings. The van der Waals surface area contributed by atoms with Gasteiger partial charge in [-0.2, -0.15) is 13.2 Å². The molecule has 0 fully saturated rings. The first kappa shape index (κ1) is 8.63. The predicted molar refractivity (Wildman–Crippen MR) is 30.7 cm³/mol. The maximum Gasteiger partial charge on any atom is 0.449 e. The number of hydrogen-bond donors (Lipinski definition) is 1. The second-order valence-corrected chi connectivity index (χ2v) is 1.97. The number of aromatic carboxylic acids is 1. The molecule has 1 rings (SSSR count). The molecule has 0 bridgehead atoms. The monoisotopic (exact) mass is 180 g/mol. The fourth-order valence-electron chi connectivity index (χ4n) is 0.605. The number of alkyl halides is 3. The molecule has 3 nitrogen and oxygen atoms in total. The van der Waals surface area contributed by atoms with Gasteiger partial charge in [0.1, 0.15) is 0 Å². The molecule has 0 aliphatic carbocycles. The maximum atomic E-state index is 11.8. The van der Waals surface area contributed by atoms with Gasteiger partial charge in [-0.3, -0.25) is 0 Å². The third kappa shape index (κ3) is 1.58. The summed E-state index contributed by atoms with van der Waals surface area (Å²) in [7, 11) is 0. The molecule has 0 amide bonds. The van der Waals surface area contributed by atoms with Crippen LogP contribution >= 0.6 is 0 Å². The smallest absolute Gasteiger partial charge is 0.449 e. The second-order valence-electron chi connectivity index (χ2n) is 1.97. The number of hydrogen-bond acceptors (Lipinski definition) is 2. The zero-order valence-corrected chi connectivity index (χ0v) is 5.55. The summed E-state index contributed by atoms with van der Waals surface area (Å²) in [6.07, 6.45) is -4.63. The minimum atomic E-state index is -4.63. The molecule has 0 radical (unpaired) electrons. The summed E-state index contributed by atoms with van der Waals surface area (Å²) in [6, 6.07) is 1.33. The van der Waals surface area contributed by atoms with Gasteiger partial charge in [0, 0.05) is 0 Å². The highest BCUT2D eigenvalue weighted by atomic mass is 19.4. The van der Waals surface area contributed by atoms with Crippen LogP contribution in [0.1, 0.15) is 16.3 Å². The number of rotatable bonds is 1. The lowest BCUT2D eigenvalue weighted by Gasteiger charge is -1.99. The fourth-order valence-corrected chi connectivity index (χ4v) is 0.605. The van der Waals surface area contributed by atoms with E-state index in [-0.39, 0.29) is 0 Å². The Morgan fingerprint density at radius 1 is 1.42 bits per heavy atom. The first-order valence-corrected chi connectivity index (χ1v) is 2.81. The molecule has 0 aliphatic rings. The van der Waals surface area contributed by atoms with Crippen molar-refractivity contribution in [3.63, 3.8) is 0 Å². The van der Waals surface area contributed by atoms with E-state index in [1.165, 1.54) is 0 Å². The highest BCUT2D eigenvalue weighted by molar-refractivity contribution is 5.84. The average molecular weight is 180 g/mol. The largest absolute Gasteiger partial charge is 0.475 e. The Morgan fingerprint density at radius 2 is 2.00 bits per heavy atom. The van der Waals surface area contributed by atoms with Crippen LogP contribution in [0.2, 0.25) is 0 Å². The standard InChI is InChI=1S/C6H3F3O3/c7-6(8,9)4-2-1-3(12-4)5(10)11/h1-2H,(H,10,11). The lowest BCUT2D eigenvalue weighted by atomic mass is 10.4. The Balaban J connectivity index is 3.00. The fraction of sp³-hybridized carbons (Fsp3) is 0.167. The van der Waals surface area contributed by atoms with E-state index in [2.05, 4.69) is 4.42 Å². The van der Waals surface area contributed by atoms with E-state index >= 15 is 0 Å². The number of furan rings is 1. The summed E-state index contributed by atoms with van der Waals surface area (Å²) in [5.74, 6) is -3.55. The highest BCUT2D eigenvalue weighted by Gasteiger charge is 2.35. The van der Waals surface area contributed by atoms with Gasteiger partial charge in [0.05, 0.1) is 0 Å². The minimum absolute atomic E-state index is 0.573. The zero-order chi connectivity index (χ0) is 9.35. The zero-order valence-electron chi connectivity index (χ0n) is 5.55. The predicted octanol–water partition coefficient (Wildman–Crippen LogP) is 2.00. The van der Waals surface area contributed by atoms with Crippen molar-refractivity contribution < 1.29 is 27.5 Å². The van der Waals surface area contributed by atoms with Crippen molar-refractivity contribution in [3.8, 4) is 0 Å². The molecule has 0 spiro atoms. The summed E-state index contributed by atoms with van der Waals surface area (Å²) in [6.45, 7) is 0. The Labute approximate surface area is 64.4 Å². The van der Waals surface area contributed by atoms with Crippen LogP contribution < -0.4 is 0 Å². The van der Waals surface area contributed by atoms with Crippen molar-refractivity contribution >= 4 is 5.97 Å². The van der Waals surface area contributed by atoms with Crippen LogP contribution in [0.4, 0.5) is 13.2 Å². The number of carbonyl (C=O) groups is 1. The topological polar surface area (TPSA) is 50.4 Å². The van der Waals surface area contributed by atoms with Crippen LogP contribution in [-0.2, 0) is 6.18 Å². The van der Waals surface area contributed by atoms with Crippen molar-refractivity contribution in [1.82, 2.24) is 0 Å². The molecule has 1 N–H and O–H groups in total. The van der Waals surface area contributed by atoms with E-state index < -0.39 is 23.7 Å². The number of carboxylic acid groups (broad SMARTS) is 1. The van der Waals surface area contributed by atoms with Gasteiger partial charge in [0.2, 0.25) is 11.5 Å². The minimum Gasteiger partial charge on any atom is -0.475 e. The van der Waals surface area contributed by atoms with Gasteiger partial charge < -0.3 is 9.52 Å². The third-order valence-electron chi connectivity index (χ3n) is 1.10. The molecule has 66 valence electrons. The molecular formula is C6H3F3O3. The van der Waals surface area contributed by atoms with E-state index in [0.29, 0.717) is 6.07 Å². The molecule has 0 aliphatic heterocycles. The molecule has 0 aromatic carbocycles. The van der Waals surface area contributed by atoms with Crippen molar-refractivity contribution in [2.75, 3.05) is 0 Å². The van der Waals surface area contributed by atoms with Gasteiger partial charge in [-0.05, 0) is 12.1 Å². The van der Waals surface area contributed by atoms with E-state index in [1.54, 1.807) is 0 Å². The molecular weight excluding hydrogens is 177 g/mol. The SMILES string of the molecule is O=C(O)c1ccc(C(F)(F)F)o1. The van der Waals surface area contributed by atoms with Crippen LogP contribution in [0.25, 0.3) is 0 Å². The van der Waals surface area contributed by atoms with Crippen LogP contribution in [0, 0.1) is 0 Å².